The van der Waals surface area contributed by atoms with E-state index in [1.165, 1.54) is 0 Å². The van der Waals surface area contributed by atoms with E-state index in [2.05, 4.69) is 27.1 Å². The Hall–Kier alpha value is -3.34. The maximum absolute atomic E-state index is 12.7. The Labute approximate surface area is 234 Å². The van der Waals surface area contributed by atoms with E-state index in [0.717, 1.165) is 42.5 Å². The van der Waals surface area contributed by atoms with Crippen LogP contribution in [0.15, 0.2) is 42.6 Å². The molecule has 1 aliphatic carbocycles. The molecule has 40 heavy (non-hydrogen) atoms. The van der Waals surface area contributed by atoms with Gasteiger partial charge in [0, 0.05) is 55.0 Å². The van der Waals surface area contributed by atoms with Crippen LogP contribution in [0.1, 0.15) is 51.0 Å². The van der Waals surface area contributed by atoms with Gasteiger partial charge in [-0.2, -0.15) is 0 Å². The summed E-state index contributed by atoms with van der Waals surface area (Å²) < 4.78 is 16.7. The second kappa shape index (κ2) is 12.4. The van der Waals surface area contributed by atoms with Crippen LogP contribution in [0, 0.1) is 5.92 Å². The van der Waals surface area contributed by atoms with E-state index in [4.69, 9.17) is 14.2 Å². The highest BCUT2D eigenvalue weighted by Crippen LogP contribution is 2.33. The van der Waals surface area contributed by atoms with Gasteiger partial charge in [0.25, 0.3) is 0 Å². The van der Waals surface area contributed by atoms with Crippen LogP contribution in [0.4, 0.5) is 4.79 Å². The number of H-pyrrole nitrogens is 1. The van der Waals surface area contributed by atoms with Gasteiger partial charge in [-0.25, -0.2) is 9.78 Å². The molecule has 3 heterocycles. The monoisotopic (exact) mass is 552 g/mol. The summed E-state index contributed by atoms with van der Waals surface area (Å²) >= 11 is 0. The second-order valence-corrected chi connectivity index (χ2v) is 11.3. The number of likely N-dealkylation sites (tertiary alicyclic amines) is 1. The highest BCUT2D eigenvalue weighted by Gasteiger charge is 2.35. The van der Waals surface area contributed by atoms with Gasteiger partial charge in [0.15, 0.2) is 0 Å². The fourth-order valence-corrected chi connectivity index (χ4v) is 5.70. The highest BCUT2D eigenvalue weighted by molar-refractivity contribution is 5.88. The van der Waals surface area contributed by atoms with Crippen molar-refractivity contribution >= 4 is 17.0 Å². The number of methoxy groups -OCH3 is 1. The number of rotatable bonds is 9. The van der Waals surface area contributed by atoms with Crippen LogP contribution < -0.4 is 19.5 Å². The number of fused-ring (bicyclic) bond motifs is 1. The largest absolute Gasteiger partial charge is 0.488 e. The summed E-state index contributed by atoms with van der Waals surface area (Å²) in [6.07, 6.45) is 5.15. The van der Waals surface area contributed by atoms with Gasteiger partial charge in [0.2, 0.25) is 11.8 Å². The number of carbonyl (C=O) groups excluding carboxylic acids is 1. The fraction of sp³-hybridized carbons (Fsp3) is 0.533. The fourth-order valence-electron chi connectivity index (χ4n) is 5.70. The number of ether oxygens (including phenoxy) is 3. The van der Waals surface area contributed by atoms with Crippen molar-refractivity contribution in [3.63, 3.8) is 0 Å². The number of carbonyl (C=O) groups is 1. The van der Waals surface area contributed by atoms with Gasteiger partial charge in [0.1, 0.15) is 12.4 Å². The summed E-state index contributed by atoms with van der Waals surface area (Å²) in [6, 6.07) is 11.1. The Morgan fingerprint density at radius 2 is 2.05 bits per heavy atom. The molecule has 1 saturated heterocycles. The van der Waals surface area contributed by atoms with E-state index < -0.39 is 11.7 Å². The van der Waals surface area contributed by atoms with Crippen molar-refractivity contribution in [2.45, 2.75) is 69.8 Å². The van der Waals surface area contributed by atoms with Crippen LogP contribution in [0.2, 0.25) is 0 Å². The minimum absolute atomic E-state index is 0.0423. The van der Waals surface area contributed by atoms with E-state index in [9.17, 15) is 15.0 Å². The van der Waals surface area contributed by atoms with Gasteiger partial charge in [0.05, 0.1) is 24.3 Å². The van der Waals surface area contributed by atoms with Crippen molar-refractivity contribution in [3.05, 3.63) is 48.2 Å². The van der Waals surface area contributed by atoms with E-state index >= 15 is 0 Å². The Balaban J connectivity index is 1.09. The molecule has 3 aromatic rings. The van der Waals surface area contributed by atoms with Crippen LogP contribution in [0.3, 0.4) is 0 Å². The number of nitrogens with zero attached hydrogens (tertiary/aromatic N) is 2. The first-order valence-electron chi connectivity index (χ1n) is 14.1. The maximum atomic E-state index is 12.7. The lowest BCUT2D eigenvalue weighted by Crippen LogP contribution is -2.47. The number of benzene rings is 1. The predicted molar refractivity (Wildman–Crippen MR) is 151 cm³/mol. The SMILES string of the molecule is COc1ccc(COc2cccc3[nH]c(OC(=O)NC4CCC(O)(CCN5CC[C@H](O)[C@@H](C)C5)CC4)cc23)cn1. The Morgan fingerprint density at radius 3 is 2.77 bits per heavy atom. The number of aromatic nitrogens is 2. The molecule has 1 aromatic carbocycles. The zero-order valence-electron chi connectivity index (χ0n) is 23.3. The number of amides is 1. The number of piperidine rings is 1. The third-order valence-corrected chi connectivity index (χ3v) is 8.28. The van der Waals surface area contributed by atoms with E-state index in [1.54, 1.807) is 25.4 Å². The van der Waals surface area contributed by atoms with E-state index in [-0.39, 0.29) is 18.1 Å². The maximum Gasteiger partial charge on any atom is 0.414 e. The molecule has 216 valence electrons. The number of nitrogens with one attached hydrogen (secondary N) is 2. The molecular weight excluding hydrogens is 512 g/mol. The van der Waals surface area contributed by atoms with Crippen molar-refractivity contribution in [3.8, 4) is 17.5 Å². The topological polar surface area (TPSA) is 129 Å². The number of hydrogen-bond donors (Lipinski definition) is 4. The Kier molecular flexibility index (Phi) is 8.78. The lowest BCUT2D eigenvalue weighted by Gasteiger charge is -2.39. The number of pyridine rings is 1. The molecule has 2 aliphatic rings. The summed E-state index contributed by atoms with van der Waals surface area (Å²) in [4.78, 5) is 22.3. The van der Waals surface area contributed by atoms with Crippen molar-refractivity contribution in [1.82, 2.24) is 20.2 Å². The number of aliphatic hydroxyl groups is 2. The Morgan fingerprint density at radius 1 is 1.23 bits per heavy atom. The summed E-state index contributed by atoms with van der Waals surface area (Å²) in [5.41, 5.74) is 0.995. The molecule has 0 bridgehead atoms. The minimum Gasteiger partial charge on any atom is -0.488 e. The summed E-state index contributed by atoms with van der Waals surface area (Å²) in [7, 11) is 1.58. The molecule has 10 nitrogen and oxygen atoms in total. The lowest BCUT2D eigenvalue weighted by molar-refractivity contribution is -0.0271. The summed E-state index contributed by atoms with van der Waals surface area (Å²) in [5.74, 6) is 1.82. The van der Waals surface area contributed by atoms with Crippen molar-refractivity contribution < 1.29 is 29.2 Å². The molecule has 4 N–H and O–H groups in total. The molecule has 10 heteroatoms. The number of aromatic amines is 1. The van der Waals surface area contributed by atoms with Gasteiger partial charge in [-0.05, 0) is 62.6 Å². The van der Waals surface area contributed by atoms with Gasteiger partial charge < -0.3 is 39.6 Å². The minimum atomic E-state index is -0.711. The van der Waals surface area contributed by atoms with Gasteiger partial charge >= 0.3 is 6.09 Å². The molecule has 0 spiro atoms. The second-order valence-electron chi connectivity index (χ2n) is 11.3. The first-order valence-corrected chi connectivity index (χ1v) is 14.1. The number of aliphatic hydroxyl groups excluding tert-OH is 1. The molecule has 2 atom stereocenters. The zero-order valence-corrected chi connectivity index (χ0v) is 23.3. The normalized spacial score (nSPS) is 25.4. The van der Waals surface area contributed by atoms with Crippen molar-refractivity contribution in [1.29, 1.82) is 0 Å². The molecular formula is C30H40N4O6. The van der Waals surface area contributed by atoms with Crippen molar-refractivity contribution in [2.24, 2.45) is 5.92 Å². The predicted octanol–water partition coefficient (Wildman–Crippen LogP) is 4.01. The molecule has 2 aromatic heterocycles. The smallest absolute Gasteiger partial charge is 0.414 e. The molecule has 0 unspecified atom stereocenters. The molecule has 1 amide bonds. The lowest BCUT2D eigenvalue weighted by atomic mass is 9.80. The van der Waals surface area contributed by atoms with Crippen molar-refractivity contribution in [2.75, 3.05) is 26.7 Å². The quantitative estimate of drug-likeness (QED) is 0.314. The van der Waals surface area contributed by atoms with Gasteiger partial charge in [-0.1, -0.05) is 13.0 Å². The molecule has 1 aliphatic heterocycles. The molecule has 1 saturated carbocycles. The van der Waals surface area contributed by atoms with Crippen LogP contribution in [0.25, 0.3) is 10.9 Å². The van der Waals surface area contributed by atoms with Crippen LogP contribution >= 0.6 is 0 Å². The number of hydrogen-bond acceptors (Lipinski definition) is 8. The van der Waals surface area contributed by atoms with Gasteiger partial charge in [-0.3, -0.25) is 0 Å². The van der Waals surface area contributed by atoms with Crippen LogP contribution in [-0.2, 0) is 6.61 Å². The molecule has 2 fully saturated rings. The zero-order chi connectivity index (χ0) is 28.1. The standard InChI is InChI=1S/C30H40N4O6/c1-20-18-34(14-10-25(20)35)15-13-30(37)11-8-22(9-12-30)32-29(36)40-28-16-23-24(33-28)4-3-5-26(23)39-19-21-6-7-27(38-2)31-17-21/h3-7,16-17,20,22,25,33,35,37H,8-15,18-19H2,1-2H3,(H,32,36)/t20-,22?,25-,30?/m0/s1. The van der Waals surface area contributed by atoms with E-state index in [0.29, 0.717) is 56.2 Å². The summed E-state index contributed by atoms with van der Waals surface area (Å²) in [6.45, 7) is 4.99. The third kappa shape index (κ3) is 7.04. The van der Waals surface area contributed by atoms with Crippen LogP contribution in [0.5, 0.6) is 17.5 Å². The van der Waals surface area contributed by atoms with Gasteiger partial charge in [-0.15, -0.1) is 0 Å². The highest BCUT2D eigenvalue weighted by atomic mass is 16.6. The first-order chi connectivity index (χ1) is 19.3. The average molecular weight is 553 g/mol. The van der Waals surface area contributed by atoms with E-state index in [1.807, 2.05) is 24.3 Å². The first kappa shape index (κ1) is 28.2. The third-order valence-electron chi connectivity index (χ3n) is 8.28. The Bertz CT molecular complexity index is 1270. The summed E-state index contributed by atoms with van der Waals surface area (Å²) in [5, 5.41) is 24.8. The van der Waals surface area contributed by atoms with Crippen LogP contribution in [-0.4, -0.2) is 75.7 Å². The molecule has 0 radical (unpaired) electrons. The molecule has 5 rings (SSSR count). The average Bonchev–Trinajstić information content (AvgIpc) is 3.37.